The number of carbonyl (C=O) groups excluding carboxylic acids is 2. The van der Waals surface area contributed by atoms with Crippen molar-refractivity contribution in [2.24, 2.45) is 4.99 Å². The van der Waals surface area contributed by atoms with Gasteiger partial charge in [0, 0.05) is 46.3 Å². The number of guanidine groups is 1. The SMILES string of the molecule is CN1C(=O)NC(=O)C2C1N=C(N1CCN(Cc3ccccc3)CC1)N2Cc1cccc2ccccc12. The number of piperazine rings is 1. The second-order valence-electron chi connectivity index (χ2n) is 9.71. The molecule has 1 N–H and O–H groups in total. The van der Waals surface area contributed by atoms with Crippen LogP contribution < -0.4 is 5.32 Å². The van der Waals surface area contributed by atoms with Gasteiger partial charge in [0.05, 0.1) is 0 Å². The van der Waals surface area contributed by atoms with Crippen molar-refractivity contribution >= 4 is 28.7 Å². The summed E-state index contributed by atoms with van der Waals surface area (Å²) in [5.41, 5.74) is 2.45. The van der Waals surface area contributed by atoms with E-state index in [2.05, 4.69) is 74.6 Å². The van der Waals surface area contributed by atoms with Crippen molar-refractivity contribution in [1.29, 1.82) is 0 Å². The number of benzene rings is 3. The minimum atomic E-state index is -0.552. The number of likely N-dealkylation sites (N-methyl/N-ethyl adjacent to an activating group) is 1. The van der Waals surface area contributed by atoms with Gasteiger partial charge in [-0.15, -0.1) is 0 Å². The molecule has 0 spiro atoms. The predicted octanol–water partition coefficient (Wildman–Crippen LogP) is 2.71. The summed E-state index contributed by atoms with van der Waals surface area (Å²) < 4.78 is 0. The molecule has 3 amide bonds. The lowest BCUT2D eigenvalue weighted by Gasteiger charge is -2.40. The van der Waals surface area contributed by atoms with Gasteiger partial charge >= 0.3 is 6.03 Å². The smallest absolute Gasteiger partial charge is 0.325 e. The lowest BCUT2D eigenvalue weighted by atomic mass is 10.0. The topological polar surface area (TPSA) is 71.5 Å². The molecule has 2 atom stereocenters. The second-order valence-corrected chi connectivity index (χ2v) is 9.71. The Hall–Kier alpha value is -3.91. The molecule has 2 fully saturated rings. The molecule has 36 heavy (non-hydrogen) atoms. The number of hydrogen-bond donors (Lipinski definition) is 1. The van der Waals surface area contributed by atoms with Crippen molar-refractivity contribution in [2.75, 3.05) is 33.2 Å². The summed E-state index contributed by atoms with van der Waals surface area (Å²) >= 11 is 0. The van der Waals surface area contributed by atoms with Crippen molar-refractivity contribution in [3.8, 4) is 0 Å². The molecule has 184 valence electrons. The largest absolute Gasteiger partial charge is 0.340 e. The van der Waals surface area contributed by atoms with Crippen molar-refractivity contribution in [3.05, 3.63) is 83.9 Å². The van der Waals surface area contributed by atoms with E-state index < -0.39 is 18.2 Å². The summed E-state index contributed by atoms with van der Waals surface area (Å²) in [4.78, 5) is 38.8. The van der Waals surface area contributed by atoms with E-state index in [0.717, 1.165) is 49.6 Å². The maximum atomic E-state index is 13.1. The zero-order valence-electron chi connectivity index (χ0n) is 20.4. The Balaban J connectivity index is 1.27. The molecule has 0 aromatic heterocycles. The highest BCUT2D eigenvalue weighted by atomic mass is 16.2. The van der Waals surface area contributed by atoms with Crippen molar-refractivity contribution in [1.82, 2.24) is 24.9 Å². The normalized spacial score (nSPS) is 22.6. The van der Waals surface area contributed by atoms with Crippen LogP contribution in [-0.4, -0.2) is 82.9 Å². The third kappa shape index (κ3) is 4.07. The molecule has 2 unspecified atom stereocenters. The highest BCUT2D eigenvalue weighted by Gasteiger charge is 2.49. The molecule has 0 saturated carbocycles. The van der Waals surface area contributed by atoms with E-state index in [1.54, 1.807) is 11.9 Å². The molecule has 3 aliphatic heterocycles. The van der Waals surface area contributed by atoms with Crippen LogP contribution in [0, 0.1) is 0 Å². The van der Waals surface area contributed by atoms with Crippen LogP contribution in [0.15, 0.2) is 77.8 Å². The third-order valence-electron chi connectivity index (χ3n) is 7.46. The van der Waals surface area contributed by atoms with Gasteiger partial charge in [0.1, 0.15) is 0 Å². The Morgan fingerprint density at radius 2 is 1.58 bits per heavy atom. The number of nitrogens with zero attached hydrogens (tertiary/aromatic N) is 5. The Bertz CT molecular complexity index is 1310. The van der Waals surface area contributed by atoms with Gasteiger partial charge in [-0.25, -0.2) is 9.79 Å². The number of fused-ring (bicyclic) bond motifs is 2. The molecule has 8 nitrogen and oxygen atoms in total. The van der Waals surface area contributed by atoms with Crippen LogP contribution in [0.25, 0.3) is 10.8 Å². The lowest BCUT2D eigenvalue weighted by molar-refractivity contribution is -0.127. The molecule has 0 bridgehead atoms. The zero-order chi connectivity index (χ0) is 24.6. The number of urea groups is 1. The second kappa shape index (κ2) is 9.28. The molecule has 3 heterocycles. The van der Waals surface area contributed by atoms with Crippen LogP contribution in [-0.2, 0) is 17.9 Å². The van der Waals surface area contributed by atoms with E-state index in [0.29, 0.717) is 6.54 Å². The Labute approximate surface area is 210 Å². The monoisotopic (exact) mass is 482 g/mol. The van der Waals surface area contributed by atoms with Crippen LogP contribution in [0.2, 0.25) is 0 Å². The van der Waals surface area contributed by atoms with Gasteiger partial charge in [0.15, 0.2) is 18.2 Å². The first-order valence-corrected chi connectivity index (χ1v) is 12.5. The molecular formula is C28H30N6O2. The van der Waals surface area contributed by atoms with Crippen LogP contribution in [0.5, 0.6) is 0 Å². The molecular weight excluding hydrogens is 452 g/mol. The van der Waals surface area contributed by atoms with E-state index in [1.165, 1.54) is 10.9 Å². The summed E-state index contributed by atoms with van der Waals surface area (Å²) in [6.07, 6.45) is -0.529. The van der Waals surface area contributed by atoms with Gasteiger partial charge in [-0.2, -0.15) is 0 Å². The van der Waals surface area contributed by atoms with E-state index in [1.807, 2.05) is 18.2 Å². The fourth-order valence-corrected chi connectivity index (χ4v) is 5.51. The van der Waals surface area contributed by atoms with Crippen molar-refractivity contribution in [2.45, 2.75) is 25.3 Å². The third-order valence-corrected chi connectivity index (χ3v) is 7.46. The van der Waals surface area contributed by atoms with Gasteiger partial charge in [-0.3, -0.25) is 15.0 Å². The fraction of sp³-hybridized carbons (Fsp3) is 0.321. The number of nitrogens with one attached hydrogen (secondary N) is 1. The quantitative estimate of drug-likeness (QED) is 0.619. The Kier molecular flexibility index (Phi) is 5.81. The van der Waals surface area contributed by atoms with Crippen LogP contribution in [0.4, 0.5) is 4.79 Å². The standard InChI is InChI=1S/C28H30N6O2/c1-31-25-24(26(35)30-28(31)36)34(19-22-12-7-11-21-10-5-6-13-23(21)22)27(29-25)33-16-14-32(15-17-33)18-20-8-3-2-4-9-20/h2-13,24-25H,14-19H2,1H3,(H,30,35,36). The van der Waals surface area contributed by atoms with Gasteiger partial charge in [-0.05, 0) is 21.9 Å². The molecule has 0 aliphatic carbocycles. The average molecular weight is 483 g/mol. The number of amides is 3. The van der Waals surface area contributed by atoms with Crippen LogP contribution in [0.1, 0.15) is 11.1 Å². The van der Waals surface area contributed by atoms with Crippen molar-refractivity contribution in [3.63, 3.8) is 0 Å². The minimum absolute atomic E-state index is 0.287. The van der Waals surface area contributed by atoms with E-state index in [4.69, 9.17) is 4.99 Å². The molecule has 3 aromatic carbocycles. The number of carbonyl (C=O) groups is 2. The Morgan fingerprint density at radius 3 is 2.39 bits per heavy atom. The number of hydrogen-bond acceptors (Lipinski definition) is 6. The van der Waals surface area contributed by atoms with Gasteiger partial charge in [0.2, 0.25) is 0 Å². The van der Waals surface area contributed by atoms with Gasteiger partial charge in [0.25, 0.3) is 5.91 Å². The molecule has 3 aromatic rings. The Morgan fingerprint density at radius 1 is 0.861 bits per heavy atom. The summed E-state index contributed by atoms with van der Waals surface area (Å²) in [6.45, 7) is 4.91. The number of aliphatic imine (C=N–C) groups is 1. The molecule has 2 saturated heterocycles. The predicted molar refractivity (Wildman–Crippen MR) is 139 cm³/mol. The minimum Gasteiger partial charge on any atom is -0.340 e. The molecule has 8 heteroatoms. The maximum Gasteiger partial charge on any atom is 0.325 e. The van der Waals surface area contributed by atoms with Crippen molar-refractivity contribution < 1.29 is 9.59 Å². The first kappa shape index (κ1) is 22.5. The van der Waals surface area contributed by atoms with Gasteiger partial charge < -0.3 is 14.7 Å². The molecule has 0 radical (unpaired) electrons. The summed E-state index contributed by atoms with van der Waals surface area (Å²) in [6, 6.07) is 24.1. The molecule has 6 rings (SSSR count). The number of imide groups is 1. The first-order valence-electron chi connectivity index (χ1n) is 12.5. The number of rotatable bonds is 4. The van der Waals surface area contributed by atoms with E-state index >= 15 is 0 Å². The zero-order valence-corrected chi connectivity index (χ0v) is 20.4. The lowest BCUT2D eigenvalue weighted by Crippen LogP contribution is -2.64. The van der Waals surface area contributed by atoms with Gasteiger partial charge in [-0.1, -0.05) is 72.8 Å². The van der Waals surface area contributed by atoms with Crippen LogP contribution in [0.3, 0.4) is 0 Å². The first-order chi connectivity index (χ1) is 17.6. The highest BCUT2D eigenvalue weighted by molar-refractivity contribution is 6.03. The highest BCUT2D eigenvalue weighted by Crippen LogP contribution is 2.29. The maximum absolute atomic E-state index is 13.1. The average Bonchev–Trinajstić information content (AvgIpc) is 3.28. The molecule has 3 aliphatic rings. The fourth-order valence-electron chi connectivity index (χ4n) is 5.51. The van der Waals surface area contributed by atoms with Crippen LogP contribution >= 0.6 is 0 Å². The summed E-state index contributed by atoms with van der Waals surface area (Å²) in [5, 5.41) is 4.85. The summed E-state index contributed by atoms with van der Waals surface area (Å²) in [5.74, 6) is 0.513. The summed E-state index contributed by atoms with van der Waals surface area (Å²) in [7, 11) is 1.71. The van der Waals surface area contributed by atoms with E-state index in [-0.39, 0.29) is 5.91 Å². The van der Waals surface area contributed by atoms with E-state index in [9.17, 15) is 9.59 Å².